The molecule has 8 nitrogen and oxygen atoms in total. The summed E-state index contributed by atoms with van der Waals surface area (Å²) in [7, 11) is 1.61. The predicted octanol–water partition coefficient (Wildman–Crippen LogP) is 6.16. The third-order valence-electron chi connectivity index (χ3n) is 7.23. The summed E-state index contributed by atoms with van der Waals surface area (Å²) in [5, 5.41) is 15.6. The molecular formula is C32H32N6O2. The van der Waals surface area contributed by atoms with Gasteiger partial charge in [0.05, 0.1) is 12.7 Å². The number of ether oxygens (including phenoxy) is 1. The third kappa shape index (κ3) is 6.38. The molecule has 2 N–H and O–H groups in total. The van der Waals surface area contributed by atoms with Gasteiger partial charge in [-0.2, -0.15) is 5.26 Å². The molecule has 0 aliphatic heterocycles. The maximum Gasteiger partial charge on any atom is 0.322 e. The number of nitrogens with one attached hydrogen (secondary N) is 2. The topological polar surface area (TPSA) is 103 Å². The van der Waals surface area contributed by atoms with E-state index in [4.69, 9.17) is 10.00 Å². The van der Waals surface area contributed by atoms with E-state index in [9.17, 15) is 4.79 Å². The Balaban J connectivity index is 1.32. The summed E-state index contributed by atoms with van der Waals surface area (Å²) in [6, 6.07) is 27.7. The third-order valence-corrected chi connectivity index (χ3v) is 7.23. The second-order valence-electron chi connectivity index (χ2n) is 9.82. The fourth-order valence-corrected chi connectivity index (χ4v) is 5.16. The van der Waals surface area contributed by atoms with Gasteiger partial charge in [0, 0.05) is 42.3 Å². The average Bonchev–Trinajstić information content (AvgIpc) is 3.02. The summed E-state index contributed by atoms with van der Waals surface area (Å²) >= 11 is 0. The van der Waals surface area contributed by atoms with E-state index < -0.39 is 0 Å². The molecule has 1 aliphatic rings. The van der Waals surface area contributed by atoms with Crippen molar-refractivity contribution < 1.29 is 9.53 Å². The lowest BCUT2D eigenvalue weighted by Gasteiger charge is -2.37. The summed E-state index contributed by atoms with van der Waals surface area (Å²) < 4.78 is 5.44. The van der Waals surface area contributed by atoms with Gasteiger partial charge in [-0.15, -0.1) is 0 Å². The van der Waals surface area contributed by atoms with Crippen LogP contribution in [-0.4, -0.2) is 35.2 Å². The van der Waals surface area contributed by atoms with Crippen LogP contribution in [0.5, 0.6) is 5.88 Å². The number of anilines is 2. The zero-order valence-electron chi connectivity index (χ0n) is 22.5. The van der Waals surface area contributed by atoms with Crippen LogP contribution in [0.1, 0.15) is 36.8 Å². The number of hydrogen-bond donors (Lipinski definition) is 2. The normalized spacial score (nSPS) is 16.4. The molecule has 0 atom stereocenters. The Labute approximate surface area is 234 Å². The molecule has 5 rings (SSSR count). The van der Waals surface area contributed by atoms with Gasteiger partial charge in [0.2, 0.25) is 5.88 Å². The molecule has 0 bridgehead atoms. The van der Waals surface area contributed by atoms with Crippen molar-refractivity contribution in [2.24, 2.45) is 0 Å². The van der Waals surface area contributed by atoms with Gasteiger partial charge < -0.3 is 15.4 Å². The van der Waals surface area contributed by atoms with Crippen molar-refractivity contribution in [1.29, 1.82) is 5.26 Å². The van der Waals surface area contributed by atoms with Gasteiger partial charge in [-0.3, -0.25) is 4.90 Å². The Bertz CT molecular complexity index is 1440. The lowest BCUT2D eigenvalue weighted by molar-refractivity contribution is 0.240. The standard InChI is InChI=1S/C32H32N6O2/c1-40-31-29(8-5-19-34-31)25-10-14-27(15-11-25)38(32(39)36-21-23-6-3-2-4-7-23)28-16-12-26(13-17-28)37-30-18-9-24(20-33)22-35-30/h2-11,14-15,18-19,22,26,28H,12-13,16-17,21H2,1H3,(H,35,37)(H,36,39)/t26-,28-. The van der Waals surface area contributed by atoms with Crippen LogP contribution in [0, 0.1) is 11.3 Å². The number of amides is 2. The van der Waals surface area contributed by atoms with E-state index in [1.807, 2.05) is 77.7 Å². The zero-order valence-corrected chi connectivity index (χ0v) is 22.5. The highest BCUT2D eigenvalue weighted by atomic mass is 16.5. The number of nitrogens with zero attached hydrogens (tertiary/aromatic N) is 4. The molecule has 0 saturated heterocycles. The molecule has 2 amide bonds. The minimum absolute atomic E-state index is 0.0570. The van der Waals surface area contributed by atoms with Crippen LogP contribution in [0.15, 0.2) is 91.3 Å². The molecule has 4 aromatic rings. The second-order valence-corrected chi connectivity index (χ2v) is 9.82. The van der Waals surface area contributed by atoms with E-state index >= 15 is 0 Å². The minimum Gasteiger partial charge on any atom is -0.481 e. The van der Waals surface area contributed by atoms with E-state index in [2.05, 4.69) is 26.7 Å². The maximum atomic E-state index is 13.6. The number of benzene rings is 2. The monoisotopic (exact) mass is 532 g/mol. The first kappa shape index (κ1) is 26.7. The highest BCUT2D eigenvalue weighted by molar-refractivity contribution is 5.93. The smallest absolute Gasteiger partial charge is 0.322 e. The number of pyridine rings is 2. The van der Waals surface area contributed by atoms with E-state index in [0.29, 0.717) is 18.0 Å². The van der Waals surface area contributed by atoms with Gasteiger partial charge in [0.1, 0.15) is 11.9 Å². The molecule has 0 unspecified atom stereocenters. The number of hydrogen-bond acceptors (Lipinski definition) is 6. The number of urea groups is 1. The van der Waals surface area contributed by atoms with Crippen LogP contribution in [0.25, 0.3) is 11.1 Å². The molecule has 0 radical (unpaired) electrons. The SMILES string of the molecule is COc1ncccc1-c1ccc(N(C(=O)NCc2ccccc2)[C@H]2CC[C@H](Nc3ccc(C#N)cn3)CC2)cc1. The number of nitriles is 1. The van der Waals surface area contributed by atoms with E-state index in [0.717, 1.165) is 53.9 Å². The Morgan fingerprint density at radius 3 is 2.42 bits per heavy atom. The molecule has 1 aliphatic carbocycles. The fourth-order valence-electron chi connectivity index (χ4n) is 5.16. The van der Waals surface area contributed by atoms with E-state index in [1.54, 1.807) is 25.6 Å². The van der Waals surface area contributed by atoms with E-state index in [1.165, 1.54) is 0 Å². The first-order chi connectivity index (χ1) is 19.6. The van der Waals surface area contributed by atoms with Crippen LogP contribution in [0.2, 0.25) is 0 Å². The summed E-state index contributed by atoms with van der Waals surface area (Å²) in [6.07, 6.45) is 6.80. The van der Waals surface area contributed by atoms with Gasteiger partial charge in [-0.1, -0.05) is 42.5 Å². The van der Waals surface area contributed by atoms with Gasteiger partial charge >= 0.3 is 6.03 Å². The van der Waals surface area contributed by atoms with Crippen molar-refractivity contribution in [3.8, 4) is 23.1 Å². The quantitative estimate of drug-likeness (QED) is 0.282. The van der Waals surface area contributed by atoms with Crippen molar-refractivity contribution in [1.82, 2.24) is 15.3 Å². The van der Waals surface area contributed by atoms with Crippen molar-refractivity contribution in [3.63, 3.8) is 0 Å². The second kappa shape index (κ2) is 12.8. The van der Waals surface area contributed by atoms with Crippen LogP contribution < -0.4 is 20.3 Å². The number of carbonyl (C=O) groups excluding carboxylic acids is 1. The lowest BCUT2D eigenvalue weighted by Crippen LogP contribution is -2.48. The highest BCUT2D eigenvalue weighted by Crippen LogP contribution is 2.33. The highest BCUT2D eigenvalue weighted by Gasteiger charge is 2.30. The van der Waals surface area contributed by atoms with Crippen molar-refractivity contribution in [3.05, 3.63) is 102 Å². The van der Waals surface area contributed by atoms with Crippen LogP contribution in [0.3, 0.4) is 0 Å². The fraction of sp³-hybridized carbons (Fsp3) is 0.250. The summed E-state index contributed by atoms with van der Waals surface area (Å²) in [4.78, 5) is 24.2. The predicted molar refractivity (Wildman–Crippen MR) is 156 cm³/mol. The van der Waals surface area contributed by atoms with Gasteiger partial charge in [-0.25, -0.2) is 14.8 Å². The molecule has 8 heteroatoms. The van der Waals surface area contributed by atoms with Gasteiger partial charge in [0.25, 0.3) is 0 Å². The Morgan fingerprint density at radius 1 is 0.975 bits per heavy atom. The van der Waals surface area contributed by atoms with Crippen molar-refractivity contribution in [2.45, 2.75) is 44.3 Å². The molecule has 2 aromatic heterocycles. The Hall–Kier alpha value is -4.90. The lowest BCUT2D eigenvalue weighted by atomic mass is 9.89. The van der Waals surface area contributed by atoms with Crippen LogP contribution in [0.4, 0.5) is 16.3 Å². The van der Waals surface area contributed by atoms with Crippen LogP contribution in [-0.2, 0) is 6.54 Å². The zero-order chi connectivity index (χ0) is 27.7. The van der Waals surface area contributed by atoms with Gasteiger partial charge in [-0.05, 0) is 73.2 Å². The molecule has 2 heterocycles. The average molecular weight is 533 g/mol. The molecule has 202 valence electrons. The summed E-state index contributed by atoms with van der Waals surface area (Å²) in [5.74, 6) is 1.33. The first-order valence-electron chi connectivity index (χ1n) is 13.5. The Morgan fingerprint density at radius 2 is 1.75 bits per heavy atom. The number of aromatic nitrogens is 2. The summed E-state index contributed by atoms with van der Waals surface area (Å²) in [6.45, 7) is 0.461. The first-order valence-corrected chi connectivity index (χ1v) is 13.5. The van der Waals surface area contributed by atoms with Crippen molar-refractivity contribution >= 4 is 17.5 Å². The molecular weight excluding hydrogens is 500 g/mol. The molecule has 1 fully saturated rings. The molecule has 1 saturated carbocycles. The summed E-state index contributed by atoms with van der Waals surface area (Å²) in [5.41, 5.74) is 4.32. The van der Waals surface area contributed by atoms with E-state index in [-0.39, 0.29) is 18.1 Å². The number of carbonyl (C=O) groups is 1. The maximum absolute atomic E-state index is 13.6. The number of methoxy groups -OCH3 is 1. The Kier molecular flexibility index (Phi) is 8.52. The van der Waals surface area contributed by atoms with Gasteiger partial charge in [0.15, 0.2) is 0 Å². The van der Waals surface area contributed by atoms with Crippen molar-refractivity contribution in [2.75, 3.05) is 17.3 Å². The molecule has 0 spiro atoms. The number of rotatable bonds is 8. The van der Waals surface area contributed by atoms with Crippen LogP contribution >= 0.6 is 0 Å². The largest absolute Gasteiger partial charge is 0.481 e. The molecule has 40 heavy (non-hydrogen) atoms. The minimum atomic E-state index is -0.110. The molecule has 2 aromatic carbocycles.